The summed E-state index contributed by atoms with van der Waals surface area (Å²) in [6, 6.07) is 4.18. The van der Waals surface area contributed by atoms with E-state index in [1.165, 1.54) is 18.5 Å². The van der Waals surface area contributed by atoms with Crippen LogP contribution in [-0.4, -0.2) is 4.98 Å². The van der Waals surface area contributed by atoms with Crippen LogP contribution in [0.2, 0.25) is 0 Å². The van der Waals surface area contributed by atoms with Gasteiger partial charge in [0.25, 0.3) is 0 Å². The predicted octanol–water partition coefficient (Wildman–Crippen LogP) is 3.03. The Morgan fingerprint density at radius 3 is 2.73 bits per heavy atom. The third kappa shape index (κ3) is 1.62. The van der Waals surface area contributed by atoms with E-state index in [0.717, 1.165) is 16.1 Å². The Balaban J connectivity index is 2.39. The molecule has 1 saturated carbocycles. The molecule has 58 valence electrons. The second kappa shape index (κ2) is 2.59. The summed E-state index contributed by atoms with van der Waals surface area (Å²) in [4.78, 5) is 4.47. The van der Waals surface area contributed by atoms with Gasteiger partial charge in [0.05, 0.1) is 0 Å². The zero-order valence-corrected chi connectivity index (χ0v) is 8.06. The zero-order chi connectivity index (χ0) is 7.84. The van der Waals surface area contributed by atoms with Gasteiger partial charge in [-0.15, -0.1) is 0 Å². The number of aromatic nitrogens is 1. The van der Waals surface area contributed by atoms with E-state index in [4.69, 9.17) is 0 Å². The van der Waals surface area contributed by atoms with Gasteiger partial charge in [-0.1, -0.05) is 15.9 Å². The number of hydrogen-bond acceptors (Lipinski definition) is 1. The SMILES string of the molecule is Cc1cc(Br)cc(C2CC2)n1. The normalized spacial score (nSPS) is 16.9. The highest BCUT2D eigenvalue weighted by Crippen LogP contribution is 2.39. The average molecular weight is 212 g/mol. The van der Waals surface area contributed by atoms with Gasteiger partial charge in [0.2, 0.25) is 0 Å². The zero-order valence-electron chi connectivity index (χ0n) is 6.47. The third-order valence-electron chi connectivity index (χ3n) is 1.93. The fourth-order valence-corrected chi connectivity index (χ4v) is 1.80. The minimum absolute atomic E-state index is 0.756. The second-order valence-electron chi connectivity index (χ2n) is 3.13. The molecular weight excluding hydrogens is 202 g/mol. The van der Waals surface area contributed by atoms with Crippen molar-refractivity contribution in [1.82, 2.24) is 4.98 Å². The fraction of sp³-hybridized carbons (Fsp3) is 0.444. The molecule has 0 unspecified atom stereocenters. The number of aryl methyl sites for hydroxylation is 1. The van der Waals surface area contributed by atoms with E-state index >= 15 is 0 Å². The maximum atomic E-state index is 4.47. The van der Waals surface area contributed by atoms with Crippen LogP contribution in [0.1, 0.15) is 30.1 Å². The van der Waals surface area contributed by atoms with Crippen LogP contribution in [0.25, 0.3) is 0 Å². The highest BCUT2D eigenvalue weighted by atomic mass is 79.9. The van der Waals surface area contributed by atoms with Crippen LogP contribution in [0.3, 0.4) is 0 Å². The quantitative estimate of drug-likeness (QED) is 0.697. The summed E-state index contributed by atoms with van der Waals surface area (Å²) >= 11 is 3.47. The molecule has 0 aliphatic heterocycles. The molecule has 1 aromatic heterocycles. The molecule has 0 atom stereocenters. The van der Waals surface area contributed by atoms with Crippen molar-refractivity contribution in [3.63, 3.8) is 0 Å². The molecule has 2 rings (SSSR count). The van der Waals surface area contributed by atoms with E-state index in [-0.39, 0.29) is 0 Å². The minimum Gasteiger partial charge on any atom is -0.258 e. The molecule has 0 saturated heterocycles. The van der Waals surface area contributed by atoms with Crippen LogP contribution in [0.5, 0.6) is 0 Å². The van der Waals surface area contributed by atoms with E-state index in [1.807, 2.05) is 13.0 Å². The van der Waals surface area contributed by atoms with Gasteiger partial charge in [-0.05, 0) is 31.9 Å². The molecule has 0 amide bonds. The Morgan fingerprint density at radius 2 is 2.18 bits per heavy atom. The lowest BCUT2D eigenvalue weighted by Gasteiger charge is -1.99. The molecule has 0 spiro atoms. The van der Waals surface area contributed by atoms with Crippen molar-refractivity contribution < 1.29 is 0 Å². The van der Waals surface area contributed by atoms with Gasteiger partial charge in [-0.3, -0.25) is 4.98 Å². The van der Waals surface area contributed by atoms with E-state index in [1.54, 1.807) is 0 Å². The van der Waals surface area contributed by atoms with Crippen LogP contribution in [0.4, 0.5) is 0 Å². The Hall–Kier alpha value is -0.370. The molecule has 1 aliphatic carbocycles. The lowest BCUT2D eigenvalue weighted by Crippen LogP contribution is -1.88. The van der Waals surface area contributed by atoms with Crippen molar-refractivity contribution in [2.45, 2.75) is 25.7 Å². The molecule has 1 aromatic rings. The molecule has 1 nitrogen and oxygen atoms in total. The fourth-order valence-electron chi connectivity index (χ4n) is 1.24. The maximum absolute atomic E-state index is 4.47. The standard InChI is InChI=1S/C9H10BrN/c1-6-4-8(10)5-9(11-6)7-2-3-7/h4-5,7H,2-3H2,1H3. The monoisotopic (exact) mass is 211 g/mol. The average Bonchev–Trinajstić information content (AvgIpc) is 2.64. The summed E-state index contributed by atoms with van der Waals surface area (Å²) in [6.45, 7) is 2.04. The van der Waals surface area contributed by atoms with Crippen molar-refractivity contribution in [1.29, 1.82) is 0 Å². The summed E-state index contributed by atoms with van der Waals surface area (Å²) in [7, 11) is 0. The Kier molecular flexibility index (Phi) is 1.72. The van der Waals surface area contributed by atoms with E-state index in [9.17, 15) is 0 Å². The Morgan fingerprint density at radius 1 is 1.45 bits per heavy atom. The first-order valence-electron chi connectivity index (χ1n) is 3.90. The van der Waals surface area contributed by atoms with Crippen molar-refractivity contribution in [3.05, 3.63) is 28.0 Å². The van der Waals surface area contributed by atoms with Crippen LogP contribution in [-0.2, 0) is 0 Å². The maximum Gasteiger partial charge on any atom is 0.0448 e. The van der Waals surface area contributed by atoms with Gasteiger partial charge >= 0.3 is 0 Å². The molecular formula is C9H10BrN. The van der Waals surface area contributed by atoms with Gasteiger partial charge < -0.3 is 0 Å². The number of halogens is 1. The van der Waals surface area contributed by atoms with E-state index < -0.39 is 0 Å². The highest BCUT2D eigenvalue weighted by Gasteiger charge is 2.25. The smallest absolute Gasteiger partial charge is 0.0448 e. The Labute approximate surface area is 75.0 Å². The molecule has 0 aromatic carbocycles. The summed E-state index contributed by atoms with van der Waals surface area (Å²) in [6.07, 6.45) is 2.64. The molecule has 0 bridgehead atoms. The summed E-state index contributed by atoms with van der Waals surface area (Å²) in [5.41, 5.74) is 2.37. The van der Waals surface area contributed by atoms with E-state index in [2.05, 4.69) is 27.0 Å². The number of hydrogen-bond donors (Lipinski definition) is 0. The molecule has 0 radical (unpaired) electrons. The van der Waals surface area contributed by atoms with Crippen LogP contribution < -0.4 is 0 Å². The third-order valence-corrected chi connectivity index (χ3v) is 2.39. The first-order chi connectivity index (χ1) is 5.25. The van der Waals surface area contributed by atoms with Crippen molar-refractivity contribution in [3.8, 4) is 0 Å². The van der Waals surface area contributed by atoms with Gasteiger partial charge in [-0.25, -0.2) is 0 Å². The number of rotatable bonds is 1. The molecule has 11 heavy (non-hydrogen) atoms. The molecule has 1 fully saturated rings. The first-order valence-corrected chi connectivity index (χ1v) is 4.69. The lowest BCUT2D eigenvalue weighted by atomic mass is 10.2. The van der Waals surface area contributed by atoms with Crippen molar-refractivity contribution in [2.24, 2.45) is 0 Å². The minimum atomic E-state index is 0.756. The lowest BCUT2D eigenvalue weighted by molar-refractivity contribution is 0.990. The molecule has 0 N–H and O–H groups in total. The van der Waals surface area contributed by atoms with Crippen LogP contribution in [0, 0.1) is 6.92 Å². The highest BCUT2D eigenvalue weighted by molar-refractivity contribution is 9.10. The van der Waals surface area contributed by atoms with Gasteiger partial charge in [0.1, 0.15) is 0 Å². The van der Waals surface area contributed by atoms with Crippen LogP contribution >= 0.6 is 15.9 Å². The molecule has 2 heteroatoms. The van der Waals surface area contributed by atoms with E-state index in [0.29, 0.717) is 0 Å². The first kappa shape index (κ1) is 7.29. The predicted molar refractivity (Wildman–Crippen MR) is 48.6 cm³/mol. The largest absolute Gasteiger partial charge is 0.258 e. The summed E-state index contributed by atoms with van der Waals surface area (Å²) in [5.74, 6) is 0.756. The summed E-state index contributed by atoms with van der Waals surface area (Å²) < 4.78 is 1.16. The molecule has 1 aliphatic rings. The second-order valence-corrected chi connectivity index (χ2v) is 4.04. The molecule has 1 heterocycles. The van der Waals surface area contributed by atoms with Gasteiger partial charge in [0, 0.05) is 21.8 Å². The van der Waals surface area contributed by atoms with Crippen LogP contribution in [0.15, 0.2) is 16.6 Å². The van der Waals surface area contributed by atoms with Crippen molar-refractivity contribution >= 4 is 15.9 Å². The van der Waals surface area contributed by atoms with Crippen molar-refractivity contribution in [2.75, 3.05) is 0 Å². The van der Waals surface area contributed by atoms with Gasteiger partial charge in [-0.2, -0.15) is 0 Å². The number of pyridine rings is 1. The number of nitrogens with zero attached hydrogens (tertiary/aromatic N) is 1. The topological polar surface area (TPSA) is 12.9 Å². The Bertz CT molecular complexity index is 259. The van der Waals surface area contributed by atoms with Gasteiger partial charge in [0.15, 0.2) is 0 Å². The summed E-state index contributed by atoms with van der Waals surface area (Å²) in [5, 5.41) is 0.